The Labute approximate surface area is 144 Å². The quantitative estimate of drug-likeness (QED) is 0.746. The Morgan fingerprint density at radius 3 is 2.54 bits per heavy atom. The Hall–Kier alpha value is -2.19. The van der Waals surface area contributed by atoms with Crippen molar-refractivity contribution in [2.45, 2.75) is 31.4 Å². The molecule has 0 unspecified atom stereocenters. The Balaban J connectivity index is 1.91. The lowest BCUT2D eigenvalue weighted by Crippen LogP contribution is -2.13. The van der Waals surface area contributed by atoms with E-state index in [4.69, 9.17) is 4.42 Å². The number of aromatic nitrogens is 2. The van der Waals surface area contributed by atoms with E-state index in [-0.39, 0.29) is 4.21 Å². The Morgan fingerprint density at radius 2 is 1.92 bits per heavy atom. The van der Waals surface area contributed by atoms with Crippen molar-refractivity contribution < 1.29 is 12.8 Å². The van der Waals surface area contributed by atoms with Crippen molar-refractivity contribution in [3.63, 3.8) is 0 Å². The van der Waals surface area contributed by atoms with Crippen molar-refractivity contribution in [1.29, 1.82) is 0 Å². The maximum Gasteiger partial charge on any atom is 0.271 e. The van der Waals surface area contributed by atoms with E-state index >= 15 is 0 Å². The summed E-state index contributed by atoms with van der Waals surface area (Å²) in [7, 11) is -3.67. The summed E-state index contributed by atoms with van der Waals surface area (Å²) in [6, 6.07) is 7.19. The van der Waals surface area contributed by atoms with Crippen LogP contribution in [0.5, 0.6) is 0 Å². The number of para-hydroxylation sites is 1. The highest BCUT2D eigenvalue weighted by atomic mass is 32.2. The topological polar surface area (TPSA) is 85.1 Å². The molecule has 24 heavy (non-hydrogen) atoms. The first kappa shape index (κ1) is 16.7. The highest BCUT2D eigenvalue weighted by Crippen LogP contribution is 2.30. The molecule has 3 aromatic rings. The number of hydrogen-bond donors (Lipinski definition) is 1. The molecule has 0 aliphatic rings. The van der Waals surface area contributed by atoms with Crippen LogP contribution in [-0.4, -0.2) is 18.6 Å². The van der Waals surface area contributed by atoms with Crippen LogP contribution in [0.15, 0.2) is 38.3 Å². The molecule has 0 amide bonds. The minimum absolute atomic E-state index is 0.205. The van der Waals surface area contributed by atoms with Crippen LogP contribution in [0.2, 0.25) is 0 Å². The summed E-state index contributed by atoms with van der Waals surface area (Å²) >= 11 is 1.12. The fraction of sp³-hybridized carbons (Fsp3) is 0.250. The zero-order valence-electron chi connectivity index (χ0n) is 13.5. The van der Waals surface area contributed by atoms with Crippen LogP contribution in [0, 0.1) is 13.8 Å². The van der Waals surface area contributed by atoms with Gasteiger partial charge in [0.2, 0.25) is 11.8 Å². The Bertz CT molecular complexity index is 954. The Kier molecular flexibility index (Phi) is 4.42. The van der Waals surface area contributed by atoms with Gasteiger partial charge in [0.1, 0.15) is 4.21 Å². The van der Waals surface area contributed by atoms with E-state index in [0.29, 0.717) is 29.5 Å². The van der Waals surface area contributed by atoms with E-state index in [2.05, 4.69) is 14.9 Å². The number of benzene rings is 1. The van der Waals surface area contributed by atoms with Crippen molar-refractivity contribution in [1.82, 2.24) is 10.2 Å². The summed E-state index contributed by atoms with van der Waals surface area (Å²) in [6.45, 7) is 5.65. The summed E-state index contributed by atoms with van der Waals surface area (Å²) in [5.74, 6) is 0.853. The molecule has 0 aliphatic carbocycles. The van der Waals surface area contributed by atoms with Crippen LogP contribution in [0.3, 0.4) is 0 Å². The van der Waals surface area contributed by atoms with Crippen molar-refractivity contribution in [2.24, 2.45) is 0 Å². The summed E-state index contributed by atoms with van der Waals surface area (Å²) < 4.78 is 33.6. The van der Waals surface area contributed by atoms with Crippen molar-refractivity contribution in [3.05, 3.63) is 46.7 Å². The smallest absolute Gasteiger partial charge is 0.271 e. The number of nitrogens with zero attached hydrogens (tertiary/aromatic N) is 2. The molecule has 3 rings (SSSR count). The highest BCUT2D eigenvalue weighted by molar-refractivity contribution is 7.94. The first-order valence-electron chi connectivity index (χ1n) is 7.41. The average Bonchev–Trinajstić information content (AvgIpc) is 3.19. The lowest BCUT2D eigenvalue weighted by atomic mass is 10.1. The van der Waals surface area contributed by atoms with E-state index < -0.39 is 10.0 Å². The molecular formula is C16H17N3O3S2. The summed E-state index contributed by atoms with van der Waals surface area (Å²) in [5, 5.41) is 9.54. The third kappa shape index (κ3) is 3.20. The van der Waals surface area contributed by atoms with E-state index in [9.17, 15) is 8.42 Å². The van der Waals surface area contributed by atoms with Gasteiger partial charge in [-0.3, -0.25) is 4.72 Å². The monoisotopic (exact) mass is 363 g/mol. The number of hydrogen-bond acceptors (Lipinski definition) is 6. The maximum atomic E-state index is 12.6. The zero-order chi connectivity index (χ0) is 17.3. The lowest BCUT2D eigenvalue weighted by Gasteiger charge is -2.11. The van der Waals surface area contributed by atoms with Crippen LogP contribution >= 0.6 is 11.3 Å². The molecule has 126 valence electrons. The molecule has 0 bridgehead atoms. The molecule has 8 heteroatoms. The molecule has 6 nitrogen and oxygen atoms in total. The fourth-order valence-electron chi connectivity index (χ4n) is 2.24. The number of thiophene rings is 1. The molecule has 0 aliphatic heterocycles. The third-order valence-corrected chi connectivity index (χ3v) is 6.36. The normalized spacial score (nSPS) is 11.6. The summed E-state index contributed by atoms with van der Waals surface area (Å²) in [4.78, 5) is 0. The zero-order valence-corrected chi connectivity index (χ0v) is 15.2. The van der Waals surface area contributed by atoms with Gasteiger partial charge in [0.15, 0.2) is 0 Å². The Morgan fingerprint density at radius 1 is 1.21 bits per heavy atom. The predicted octanol–water partition coefficient (Wildman–Crippen LogP) is 3.78. The molecule has 0 atom stereocenters. The summed E-state index contributed by atoms with van der Waals surface area (Å²) in [6.07, 6.45) is 0.635. The van der Waals surface area contributed by atoms with E-state index in [0.717, 1.165) is 22.5 Å². The number of rotatable bonds is 5. The van der Waals surface area contributed by atoms with Gasteiger partial charge in [0.05, 0.1) is 11.3 Å². The van der Waals surface area contributed by atoms with Gasteiger partial charge in [0.25, 0.3) is 10.0 Å². The molecule has 0 saturated heterocycles. The van der Waals surface area contributed by atoms with Gasteiger partial charge in [-0.05, 0) is 31.0 Å². The van der Waals surface area contributed by atoms with Gasteiger partial charge in [-0.25, -0.2) is 8.42 Å². The molecule has 1 N–H and O–H groups in total. The number of aryl methyl sites for hydroxylation is 3. The molecular weight excluding hydrogens is 346 g/mol. The van der Waals surface area contributed by atoms with Gasteiger partial charge in [-0.15, -0.1) is 21.5 Å². The minimum atomic E-state index is -3.67. The van der Waals surface area contributed by atoms with Crippen LogP contribution in [-0.2, 0) is 16.4 Å². The van der Waals surface area contributed by atoms with Gasteiger partial charge in [0, 0.05) is 11.8 Å². The molecule has 1 aromatic carbocycles. The van der Waals surface area contributed by atoms with Crippen molar-refractivity contribution in [2.75, 3.05) is 4.72 Å². The third-order valence-electron chi connectivity index (χ3n) is 3.57. The average molecular weight is 363 g/mol. The van der Waals surface area contributed by atoms with Gasteiger partial charge in [-0.1, -0.05) is 25.1 Å². The minimum Gasteiger partial charge on any atom is -0.421 e. The van der Waals surface area contributed by atoms with E-state index in [1.54, 1.807) is 11.4 Å². The number of nitrogens with one attached hydrogen (secondary N) is 1. The summed E-state index contributed by atoms with van der Waals surface area (Å²) in [5.41, 5.74) is 2.97. The highest BCUT2D eigenvalue weighted by Gasteiger charge is 2.20. The SMILES string of the molecule is CCc1nnc(-c2csc(S(=O)(=O)Nc3c(C)cccc3C)c2)o1. The van der Waals surface area contributed by atoms with Gasteiger partial charge < -0.3 is 4.42 Å². The molecule has 2 heterocycles. The fourth-order valence-corrected chi connectivity index (χ4v) is 4.60. The molecule has 2 aromatic heterocycles. The van der Waals surface area contributed by atoms with Crippen molar-refractivity contribution in [3.8, 4) is 11.5 Å². The predicted molar refractivity (Wildman–Crippen MR) is 93.7 cm³/mol. The standard InChI is InChI=1S/C16H17N3O3S2/c1-4-13-17-18-16(22-13)12-8-14(23-9-12)24(20,21)19-15-10(2)6-5-7-11(15)3/h5-9,19H,4H2,1-3H3. The molecule has 0 spiro atoms. The molecule has 0 radical (unpaired) electrons. The van der Waals surface area contributed by atoms with E-state index in [1.165, 1.54) is 0 Å². The molecule has 0 fully saturated rings. The van der Waals surface area contributed by atoms with Crippen LogP contribution in [0.4, 0.5) is 5.69 Å². The second-order valence-corrected chi connectivity index (χ2v) is 8.20. The largest absolute Gasteiger partial charge is 0.421 e. The molecule has 0 saturated carbocycles. The van der Waals surface area contributed by atoms with Gasteiger partial charge >= 0.3 is 0 Å². The van der Waals surface area contributed by atoms with Crippen LogP contribution in [0.25, 0.3) is 11.5 Å². The number of sulfonamides is 1. The second-order valence-electron chi connectivity index (χ2n) is 5.38. The number of anilines is 1. The lowest BCUT2D eigenvalue weighted by molar-refractivity contribution is 0.513. The van der Waals surface area contributed by atoms with Crippen LogP contribution in [0.1, 0.15) is 23.9 Å². The first-order chi connectivity index (χ1) is 11.4. The second kappa shape index (κ2) is 6.37. The maximum absolute atomic E-state index is 12.6. The van der Waals surface area contributed by atoms with Crippen LogP contribution < -0.4 is 4.72 Å². The van der Waals surface area contributed by atoms with Gasteiger partial charge in [-0.2, -0.15) is 0 Å². The van der Waals surface area contributed by atoms with Crippen molar-refractivity contribution >= 4 is 27.0 Å². The van der Waals surface area contributed by atoms with E-state index in [1.807, 2.05) is 39.0 Å². The first-order valence-corrected chi connectivity index (χ1v) is 9.77.